The first kappa shape index (κ1) is 28.1. The molecule has 0 radical (unpaired) electrons. The van der Waals surface area contributed by atoms with Crippen molar-refractivity contribution in [3.05, 3.63) is 195 Å². The number of aromatic nitrogens is 3. The number of nitrogens with zero attached hydrogens (tertiary/aromatic N) is 3. The Bertz CT molecular complexity index is 1660. The zero-order chi connectivity index (χ0) is 29.9. The summed E-state index contributed by atoms with van der Waals surface area (Å²) in [6.07, 6.45) is 0. The summed E-state index contributed by atoms with van der Waals surface area (Å²) in [7, 11) is 0. The van der Waals surface area contributed by atoms with Crippen LogP contribution in [0.5, 0.6) is 0 Å². The predicted molar refractivity (Wildman–Crippen MR) is 157 cm³/mol. The van der Waals surface area contributed by atoms with Crippen LogP contribution in [0.4, 0.5) is 0 Å². The van der Waals surface area contributed by atoms with Crippen molar-refractivity contribution in [2.24, 2.45) is 0 Å². The van der Waals surface area contributed by atoms with Crippen LogP contribution in [0.1, 0.15) is 67.5 Å². The van der Waals surface area contributed by atoms with Crippen LogP contribution in [0.15, 0.2) is 109 Å². The van der Waals surface area contributed by atoms with E-state index < -0.39 is 22.4 Å². The van der Waals surface area contributed by atoms with Gasteiger partial charge in [-0.3, -0.25) is 15.0 Å². The zero-order valence-corrected chi connectivity index (χ0v) is 25.8. The first-order valence-corrected chi connectivity index (χ1v) is 14.2. The third-order valence-corrected chi connectivity index (χ3v) is 9.20. The van der Waals surface area contributed by atoms with Crippen LogP contribution >= 0.6 is 0 Å². The minimum atomic E-state index is -2.02. The van der Waals surface area contributed by atoms with Crippen LogP contribution in [-0.2, 0) is 42.5 Å². The van der Waals surface area contributed by atoms with Gasteiger partial charge in [0.05, 0.1) is 39.8 Å². The third kappa shape index (κ3) is 3.44. The molecule has 7 heterocycles. The van der Waals surface area contributed by atoms with Crippen molar-refractivity contribution in [3.63, 3.8) is 0 Å². The molecular formula is C37H22IrN3O4. The van der Waals surface area contributed by atoms with Gasteiger partial charge in [0.25, 0.3) is 0 Å². The normalized spacial score (nSPS) is 26.4. The van der Waals surface area contributed by atoms with E-state index in [4.69, 9.17) is 15.0 Å². The molecule has 0 saturated carbocycles. The molecule has 218 valence electrons. The molecule has 3 aromatic heterocycles. The van der Waals surface area contributed by atoms with Crippen molar-refractivity contribution >= 4 is 0 Å². The van der Waals surface area contributed by atoms with E-state index in [0.717, 1.165) is 0 Å². The van der Waals surface area contributed by atoms with Crippen LogP contribution in [0.3, 0.4) is 0 Å². The van der Waals surface area contributed by atoms with E-state index in [9.17, 15) is 20.4 Å². The predicted octanol–water partition coefficient (Wildman–Crippen LogP) is 3.35. The van der Waals surface area contributed by atoms with Crippen molar-refractivity contribution in [2.45, 2.75) is 22.4 Å². The first-order valence-electron chi connectivity index (χ1n) is 14.2. The van der Waals surface area contributed by atoms with Crippen molar-refractivity contribution in [1.82, 2.24) is 15.0 Å². The second-order valence-electron chi connectivity index (χ2n) is 11.5. The molecule has 3 aromatic carbocycles. The van der Waals surface area contributed by atoms with E-state index in [0.29, 0.717) is 16.7 Å². The standard InChI is InChI=1S/C37H22N3O4.Ir/c41-34-22-7-1-10-25(19-22)35(42)28-13-4-15-30(38-28)36(43,26-11-2-8-23(34)20-26)32-17-6-18-33(40-32)37(44,27-12-3-9-24(34)21-27)31-16-5-14-29(35)39-31;/h1-18,41-44H;/q-3;+3. The van der Waals surface area contributed by atoms with Gasteiger partial charge in [-0.25, -0.2) is 0 Å². The van der Waals surface area contributed by atoms with Gasteiger partial charge in [-0.05, 0) is 36.4 Å². The van der Waals surface area contributed by atoms with E-state index in [1.165, 1.54) is 0 Å². The molecule has 0 atom stereocenters. The Labute approximate surface area is 271 Å². The molecule has 0 aliphatic carbocycles. The summed E-state index contributed by atoms with van der Waals surface area (Å²) in [6.45, 7) is 0. The third-order valence-electron chi connectivity index (χ3n) is 9.20. The van der Waals surface area contributed by atoms with Crippen molar-refractivity contribution in [3.8, 4) is 0 Å². The van der Waals surface area contributed by atoms with E-state index in [-0.39, 0.29) is 71.0 Å². The van der Waals surface area contributed by atoms with Gasteiger partial charge in [0, 0.05) is 0 Å². The van der Waals surface area contributed by atoms with Gasteiger partial charge < -0.3 is 20.4 Å². The molecule has 0 unspecified atom stereocenters. The van der Waals surface area contributed by atoms with Gasteiger partial charge in [-0.2, -0.15) is 72.8 Å². The maximum absolute atomic E-state index is 13.0. The number of pyridine rings is 3. The number of benzene rings is 3. The SMILES string of the molecule is OC12c3[c-]c(ccc3)C3(O)c4cccc(n4)C(O)(c4[c-]c1ccc4)c1cccc(n1)C(O)(c1[c-]c2ccc1)c1cccc3n1.[Ir+3]. The van der Waals surface area contributed by atoms with Crippen LogP contribution in [-0.4, -0.2) is 35.4 Å². The summed E-state index contributed by atoms with van der Waals surface area (Å²) >= 11 is 0. The van der Waals surface area contributed by atoms with Gasteiger partial charge in [0.2, 0.25) is 0 Å². The van der Waals surface area contributed by atoms with Gasteiger partial charge in [0.1, 0.15) is 0 Å². The summed E-state index contributed by atoms with van der Waals surface area (Å²) in [6, 6.07) is 40.4. The molecule has 6 aromatic rings. The molecule has 4 N–H and O–H groups in total. The Morgan fingerprint density at radius 3 is 0.778 bits per heavy atom. The Kier molecular flexibility index (Phi) is 5.81. The average molecular weight is 765 g/mol. The van der Waals surface area contributed by atoms with Crippen LogP contribution in [0.2, 0.25) is 0 Å². The van der Waals surface area contributed by atoms with Gasteiger partial charge in [-0.15, -0.1) is 33.4 Å². The molecule has 16 bridgehead atoms. The number of aliphatic hydroxyl groups is 4. The maximum atomic E-state index is 13.0. The number of rotatable bonds is 0. The minimum Gasteiger partial charge on any atom is -0.383 e. The van der Waals surface area contributed by atoms with Crippen LogP contribution in [0.25, 0.3) is 0 Å². The molecule has 10 rings (SSSR count). The van der Waals surface area contributed by atoms with Crippen LogP contribution < -0.4 is 0 Å². The molecular weight excluding hydrogens is 743 g/mol. The summed E-state index contributed by atoms with van der Waals surface area (Å²) in [5.41, 5.74) is -5.33. The summed E-state index contributed by atoms with van der Waals surface area (Å²) in [5, 5.41) is 51.7. The average Bonchev–Trinajstić information content (AvgIpc) is 3.09. The second kappa shape index (κ2) is 9.31. The molecule has 0 fully saturated rings. The van der Waals surface area contributed by atoms with Gasteiger partial charge >= 0.3 is 20.1 Å². The van der Waals surface area contributed by atoms with Crippen molar-refractivity contribution < 1.29 is 40.5 Å². The Hall–Kier alpha value is -4.40. The molecule has 0 saturated heterocycles. The molecule has 45 heavy (non-hydrogen) atoms. The zero-order valence-electron chi connectivity index (χ0n) is 23.4. The fraction of sp³-hybridized carbons (Fsp3) is 0.108. The number of hydrogen-bond acceptors (Lipinski definition) is 7. The summed E-state index contributed by atoms with van der Waals surface area (Å²) < 4.78 is 0. The first-order chi connectivity index (χ1) is 21.3. The number of hydrogen-bond donors (Lipinski definition) is 4. The summed E-state index contributed by atoms with van der Waals surface area (Å²) in [4.78, 5) is 14.7. The molecule has 8 heteroatoms. The minimum absolute atomic E-state index is 0. The topological polar surface area (TPSA) is 120 Å². The molecule has 4 aliphatic rings. The maximum Gasteiger partial charge on any atom is 3.00 e. The quantitative estimate of drug-likeness (QED) is 0.175. The monoisotopic (exact) mass is 765 g/mol. The molecule has 7 nitrogen and oxygen atoms in total. The van der Waals surface area contributed by atoms with Crippen molar-refractivity contribution in [1.29, 1.82) is 0 Å². The fourth-order valence-corrected chi connectivity index (χ4v) is 6.84. The Balaban J connectivity index is 0.00000300. The smallest absolute Gasteiger partial charge is 0.383 e. The second-order valence-corrected chi connectivity index (χ2v) is 11.5. The van der Waals surface area contributed by atoms with Gasteiger partial charge in [0.15, 0.2) is 16.8 Å². The van der Waals surface area contributed by atoms with E-state index in [1.54, 1.807) is 109 Å². The van der Waals surface area contributed by atoms with Gasteiger partial charge in [-0.1, -0.05) is 18.2 Å². The molecule has 0 spiro atoms. The Morgan fingerprint density at radius 2 is 0.533 bits per heavy atom. The van der Waals surface area contributed by atoms with E-state index in [1.807, 2.05) is 0 Å². The largest absolute Gasteiger partial charge is 3.00 e. The molecule has 0 amide bonds. The van der Waals surface area contributed by atoms with Crippen molar-refractivity contribution in [2.75, 3.05) is 0 Å². The molecule has 4 aliphatic heterocycles. The van der Waals surface area contributed by atoms with Crippen LogP contribution in [0, 0.1) is 18.2 Å². The van der Waals surface area contributed by atoms with E-state index in [2.05, 4.69) is 18.2 Å². The van der Waals surface area contributed by atoms with E-state index >= 15 is 0 Å². The Morgan fingerprint density at radius 1 is 0.333 bits per heavy atom. The fourth-order valence-electron chi connectivity index (χ4n) is 6.84. The summed E-state index contributed by atoms with van der Waals surface area (Å²) in [5.74, 6) is 0.